The zero-order valence-corrected chi connectivity index (χ0v) is 14.6. The van der Waals surface area contributed by atoms with Gasteiger partial charge in [0, 0.05) is 17.0 Å². The number of furan rings is 1. The molecule has 3 aromatic rings. The summed E-state index contributed by atoms with van der Waals surface area (Å²) in [5, 5.41) is 3.51. The lowest BCUT2D eigenvalue weighted by Gasteiger charge is -2.20. The molecule has 2 N–H and O–H groups in total. The molecule has 0 spiro atoms. The van der Waals surface area contributed by atoms with Crippen LogP contribution >= 0.6 is 11.6 Å². The number of anilines is 1. The van der Waals surface area contributed by atoms with Crippen molar-refractivity contribution < 1.29 is 31.2 Å². The molecule has 0 bridgehead atoms. The quantitative estimate of drug-likeness (QED) is 0.467. The zero-order chi connectivity index (χ0) is 20.6. The van der Waals surface area contributed by atoms with Crippen LogP contribution in [0.1, 0.15) is 17.4 Å². The number of nitrogens with one attached hydrogen (secondary N) is 2. The summed E-state index contributed by atoms with van der Waals surface area (Å²) in [6, 6.07) is -2.53. The van der Waals surface area contributed by atoms with Crippen molar-refractivity contribution in [2.75, 3.05) is 5.32 Å². The lowest BCUT2D eigenvalue weighted by molar-refractivity contribution is -0.158. The number of aromatic nitrogens is 2. The maximum atomic E-state index is 13.8. The van der Waals surface area contributed by atoms with E-state index in [2.05, 4.69) is 15.3 Å². The van der Waals surface area contributed by atoms with E-state index in [-0.39, 0.29) is 21.9 Å². The summed E-state index contributed by atoms with van der Waals surface area (Å²) in [6.45, 7) is 1.20. The SMILES string of the molecule is Cc1c([C@@H](NC(=O)Nc2cnc(Cl)nc2)C(F)(F)F)oc2c(F)cc(F)cc12. The second-order valence-corrected chi connectivity index (χ2v) is 6.01. The predicted octanol–water partition coefficient (Wildman–Crippen LogP) is 4.89. The van der Waals surface area contributed by atoms with Crippen molar-refractivity contribution in [3.8, 4) is 0 Å². The molecule has 148 valence electrons. The van der Waals surface area contributed by atoms with Gasteiger partial charge in [-0.2, -0.15) is 13.2 Å². The molecule has 0 unspecified atom stereocenters. The highest BCUT2D eigenvalue weighted by atomic mass is 35.5. The summed E-state index contributed by atoms with van der Waals surface area (Å²) < 4.78 is 72.8. The van der Waals surface area contributed by atoms with Crippen LogP contribution in [-0.4, -0.2) is 22.2 Å². The molecule has 3 rings (SSSR count). The molecule has 1 aromatic carbocycles. The van der Waals surface area contributed by atoms with Crippen molar-refractivity contribution in [3.05, 3.63) is 52.8 Å². The average Bonchev–Trinajstić information content (AvgIpc) is 2.91. The second kappa shape index (κ2) is 7.23. The number of carbonyl (C=O) groups excluding carboxylic acids is 1. The van der Waals surface area contributed by atoms with Crippen molar-refractivity contribution in [1.82, 2.24) is 15.3 Å². The summed E-state index contributed by atoms with van der Waals surface area (Å²) in [5.41, 5.74) is -0.723. The van der Waals surface area contributed by atoms with Gasteiger partial charge in [-0.05, 0) is 24.6 Å². The Balaban J connectivity index is 1.94. The number of benzene rings is 1. The third-order valence-electron chi connectivity index (χ3n) is 3.74. The summed E-state index contributed by atoms with van der Waals surface area (Å²) in [6.07, 6.45) is -2.81. The highest BCUT2D eigenvalue weighted by molar-refractivity contribution is 6.28. The van der Waals surface area contributed by atoms with E-state index in [1.165, 1.54) is 6.92 Å². The van der Waals surface area contributed by atoms with Gasteiger partial charge in [0.15, 0.2) is 17.4 Å². The largest absolute Gasteiger partial charge is 0.455 e. The van der Waals surface area contributed by atoms with E-state index in [4.69, 9.17) is 16.0 Å². The van der Waals surface area contributed by atoms with Crippen LogP contribution in [0.4, 0.5) is 32.4 Å². The van der Waals surface area contributed by atoms with Crippen molar-refractivity contribution in [2.24, 2.45) is 0 Å². The fourth-order valence-electron chi connectivity index (χ4n) is 2.51. The summed E-state index contributed by atoms with van der Waals surface area (Å²) in [5.74, 6) is -2.90. The molecule has 0 saturated carbocycles. The van der Waals surface area contributed by atoms with Crippen molar-refractivity contribution in [2.45, 2.75) is 19.1 Å². The smallest absolute Gasteiger partial charge is 0.416 e. The Morgan fingerprint density at radius 2 is 1.86 bits per heavy atom. The molecule has 2 aromatic heterocycles. The minimum atomic E-state index is -4.98. The van der Waals surface area contributed by atoms with E-state index < -0.39 is 41.2 Å². The maximum absolute atomic E-state index is 13.8. The van der Waals surface area contributed by atoms with Crippen LogP contribution in [0, 0.1) is 18.6 Å². The number of hydrogen-bond acceptors (Lipinski definition) is 4. The first-order valence-corrected chi connectivity index (χ1v) is 7.94. The normalized spacial score (nSPS) is 12.8. The Hall–Kier alpha value is -2.95. The van der Waals surface area contributed by atoms with Gasteiger partial charge in [0.05, 0.1) is 18.1 Å². The topological polar surface area (TPSA) is 80.0 Å². The Morgan fingerprint density at radius 3 is 2.46 bits per heavy atom. The predicted molar refractivity (Wildman–Crippen MR) is 88.9 cm³/mol. The number of halogens is 6. The van der Waals surface area contributed by atoms with E-state index in [9.17, 15) is 26.7 Å². The number of hydrogen-bond donors (Lipinski definition) is 2. The Kier molecular flexibility index (Phi) is 5.11. The van der Waals surface area contributed by atoms with Crippen LogP contribution in [-0.2, 0) is 0 Å². The lowest BCUT2D eigenvalue weighted by Crippen LogP contribution is -2.40. The van der Waals surface area contributed by atoms with Gasteiger partial charge in [-0.15, -0.1) is 0 Å². The molecule has 0 saturated heterocycles. The number of rotatable bonds is 3. The maximum Gasteiger partial charge on any atom is 0.416 e. The number of carbonyl (C=O) groups is 1. The fraction of sp³-hybridized carbons (Fsp3) is 0.188. The van der Waals surface area contributed by atoms with E-state index in [0.29, 0.717) is 6.07 Å². The first-order valence-electron chi connectivity index (χ1n) is 7.56. The van der Waals surface area contributed by atoms with Crippen LogP contribution in [0.25, 0.3) is 11.0 Å². The summed E-state index contributed by atoms with van der Waals surface area (Å²) in [4.78, 5) is 19.1. The molecule has 2 amide bonds. The Bertz CT molecular complexity index is 1040. The average molecular weight is 421 g/mol. The third kappa shape index (κ3) is 3.98. The molecular formula is C16H10ClF5N4O2. The molecule has 0 fully saturated rings. The fourth-order valence-corrected chi connectivity index (χ4v) is 2.61. The van der Waals surface area contributed by atoms with Crippen molar-refractivity contribution in [3.63, 3.8) is 0 Å². The Labute approximate surface area is 158 Å². The number of nitrogens with zero attached hydrogens (tertiary/aromatic N) is 2. The minimum Gasteiger partial charge on any atom is -0.455 e. The summed E-state index contributed by atoms with van der Waals surface area (Å²) in [7, 11) is 0. The first kappa shape index (κ1) is 19.8. The van der Waals surface area contributed by atoms with Gasteiger partial charge in [0.1, 0.15) is 11.6 Å². The van der Waals surface area contributed by atoms with Gasteiger partial charge in [0.25, 0.3) is 0 Å². The highest BCUT2D eigenvalue weighted by Gasteiger charge is 2.45. The lowest BCUT2D eigenvalue weighted by atomic mass is 10.1. The molecule has 12 heteroatoms. The molecule has 1 atom stereocenters. The molecule has 0 aliphatic heterocycles. The number of amides is 2. The molecule has 0 aliphatic carbocycles. The van der Waals surface area contributed by atoms with Crippen LogP contribution < -0.4 is 10.6 Å². The number of fused-ring (bicyclic) bond motifs is 1. The van der Waals surface area contributed by atoms with E-state index >= 15 is 0 Å². The first-order chi connectivity index (χ1) is 13.1. The summed E-state index contributed by atoms with van der Waals surface area (Å²) >= 11 is 5.48. The van der Waals surface area contributed by atoms with Gasteiger partial charge < -0.3 is 15.1 Å². The zero-order valence-electron chi connectivity index (χ0n) is 13.9. The molecule has 0 radical (unpaired) electrons. The number of aryl methyl sites for hydroxylation is 1. The van der Waals surface area contributed by atoms with E-state index in [0.717, 1.165) is 18.5 Å². The van der Waals surface area contributed by atoms with Crippen molar-refractivity contribution in [1.29, 1.82) is 0 Å². The van der Waals surface area contributed by atoms with Gasteiger partial charge in [-0.3, -0.25) is 0 Å². The second-order valence-electron chi connectivity index (χ2n) is 5.67. The van der Waals surface area contributed by atoms with Crippen LogP contribution in [0.2, 0.25) is 5.28 Å². The minimum absolute atomic E-state index is 0.0164. The standard InChI is InChI=1S/C16H10ClF5N4O2/c1-6-9-2-7(18)3-10(19)12(9)28-11(6)13(16(20,21)22)26-15(27)25-8-4-23-14(17)24-5-8/h2-5,13H,1H3,(H2,25,26,27)/t13-/m1/s1. The van der Waals surface area contributed by atoms with Gasteiger partial charge in [0.2, 0.25) is 5.28 Å². The van der Waals surface area contributed by atoms with Crippen LogP contribution in [0.15, 0.2) is 28.9 Å². The van der Waals surface area contributed by atoms with Crippen molar-refractivity contribution >= 4 is 34.3 Å². The number of alkyl halides is 3. The number of urea groups is 1. The van der Waals surface area contributed by atoms with E-state index in [1.807, 2.05) is 0 Å². The molecule has 28 heavy (non-hydrogen) atoms. The van der Waals surface area contributed by atoms with Crippen LogP contribution in [0.3, 0.4) is 0 Å². The van der Waals surface area contributed by atoms with Gasteiger partial charge >= 0.3 is 12.2 Å². The third-order valence-corrected chi connectivity index (χ3v) is 3.93. The van der Waals surface area contributed by atoms with Gasteiger partial charge in [-0.25, -0.2) is 23.5 Å². The Morgan fingerprint density at radius 1 is 1.21 bits per heavy atom. The molecular weight excluding hydrogens is 411 g/mol. The molecule has 6 nitrogen and oxygen atoms in total. The highest BCUT2D eigenvalue weighted by Crippen LogP contribution is 2.39. The molecule has 2 heterocycles. The van der Waals surface area contributed by atoms with E-state index in [1.54, 1.807) is 5.32 Å². The van der Waals surface area contributed by atoms with Gasteiger partial charge in [-0.1, -0.05) is 0 Å². The monoisotopic (exact) mass is 420 g/mol. The van der Waals surface area contributed by atoms with Crippen LogP contribution in [0.5, 0.6) is 0 Å². The molecule has 0 aliphatic rings.